The van der Waals surface area contributed by atoms with Crippen LogP contribution in [0.4, 0.5) is 0 Å². The molecule has 0 heterocycles. The molecule has 0 aromatic carbocycles. The van der Waals surface area contributed by atoms with Crippen LogP contribution >= 0.6 is 0 Å². The van der Waals surface area contributed by atoms with Crippen molar-refractivity contribution < 1.29 is 28.6 Å². The first-order valence-electron chi connectivity index (χ1n) is 33.6. The van der Waals surface area contributed by atoms with E-state index >= 15 is 0 Å². The molecule has 6 nitrogen and oxygen atoms in total. The minimum atomic E-state index is -0.778. The summed E-state index contributed by atoms with van der Waals surface area (Å²) in [5.41, 5.74) is 0. The number of hydrogen-bond acceptors (Lipinski definition) is 6. The van der Waals surface area contributed by atoms with Crippen molar-refractivity contribution in [2.75, 3.05) is 13.2 Å². The summed E-state index contributed by atoms with van der Waals surface area (Å²) in [6.45, 7) is 6.53. The molecule has 1 unspecified atom stereocenters. The quantitative estimate of drug-likeness (QED) is 0.0261. The summed E-state index contributed by atoms with van der Waals surface area (Å²) >= 11 is 0. The zero-order valence-corrected chi connectivity index (χ0v) is 51.7. The average molecular weight is 1090 g/mol. The molecular weight excluding hydrogens is 961 g/mol. The highest BCUT2D eigenvalue weighted by Gasteiger charge is 2.19. The summed E-state index contributed by atoms with van der Waals surface area (Å²) < 4.78 is 16.9. The van der Waals surface area contributed by atoms with Crippen LogP contribution in [-0.2, 0) is 28.6 Å². The molecule has 0 aromatic heterocycles. The van der Waals surface area contributed by atoms with Crippen molar-refractivity contribution in [3.8, 4) is 0 Å². The first-order valence-corrected chi connectivity index (χ1v) is 33.6. The van der Waals surface area contributed by atoms with Gasteiger partial charge in [0.2, 0.25) is 0 Å². The predicted molar refractivity (Wildman–Crippen MR) is 339 cm³/mol. The van der Waals surface area contributed by atoms with E-state index in [1.54, 1.807) is 0 Å². The molecule has 0 rings (SSSR count). The summed E-state index contributed by atoms with van der Waals surface area (Å²) in [4.78, 5) is 38.2. The Morgan fingerprint density at radius 2 is 0.500 bits per heavy atom. The molecule has 0 bridgehead atoms. The highest BCUT2D eigenvalue weighted by atomic mass is 16.6. The van der Waals surface area contributed by atoms with Gasteiger partial charge in [0.1, 0.15) is 13.2 Å². The molecule has 6 heteroatoms. The molecule has 0 N–H and O–H groups in total. The van der Waals surface area contributed by atoms with Crippen molar-refractivity contribution in [1.82, 2.24) is 0 Å². The highest BCUT2D eigenvalue weighted by Crippen LogP contribution is 2.17. The SMILES string of the molecule is CC/C=C\C/C=C\C/C=C\C/C=C\C/C=C\C/C=C\C/C=C\CCCCCCCCCC(=O)OCC(COC(=O)CCCCCCCCCC)OC(=O)CCCCCCCCCCCCCCCCCCCCCCCCC. The van der Waals surface area contributed by atoms with Gasteiger partial charge in [-0.05, 0) is 77.0 Å². The Hall–Kier alpha value is -3.41. The number of carbonyl (C=O) groups is 3. The monoisotopic (exact) mass is 1090 g/mol. The molecule has 0 aliphatic heterocycles. The maximum absolute atomic E-state index is 12.9. The molecule has 1 atom stereocenters. The van der Waals surface area contributed by atoms with Crippen LogP contribution in [0.15, 0.2) is 85.1 Å². The van der Waals surface area contributed by atoms with Gasteiger partial charge in [-0.1, -0.05) is 324 Å². The van der Waals surface area contributed by atoms with Crippen molar-refractivity contribution in [3.63, 3.8) is 0 Å². The second kappa shape index (κ2) is 66.1. The fraction of sp³-hybridized carbons (Fsp3) is 0.764. The lowest BCUT2D eigenvalue weighted by Gasteiger charge is -2.18. The lowest BCUT2D eigenvalue weighted by Crippen LogP contribution is -2.30. The second-order valence-corrected chi connectivity index (χ2v) is 22.4. The molecule has 0 aliphatic carbocycles. The van der Waals surface area contributed by atoms with Crippen molar-refractivity contribution >= 4 is 17.9 Å². The van der Waals surface area contributed by atoms with E-state index in [4.69, 9.17) is 14.2 Å². The van der Waals surface area contributed by atoms with Crippen LogP contribution in [0.25, 0.3) is 0 Å². The number of esters is 3. The van der Waals surface area contributed by atoms with Gasteiger partial charge in [0.25, 0.3) is 0 Å². The summed E-state index contributed by atoms with van der Waals surface area (Å²) in [5, 5.41) is 0. The Morgan fingerprint density at radius 3 is 0.782 bits per heavy atom. The van der Waals surface area contributed by atoms with Gasteiger partial charge in [-0.3, -0.25) is 14.4 Å². The molecule has 0 saturated heterocycles. The van der Waals surface area contributed by atoms with Gasteiger partial charge in [0, 0.05) is 19.3 Å². The van der Waals surface area contributed by atoms with Gasteiger partial charge in [0.15, 0.2) is 6.10 Å². The zero-order chi connectivity index (χ0) is 56.4. The third-order valence-electron chi connectivity index (χ3n) is 14.7. The van der Waals surface area contributed by atoms with Crippen LogP contribution in [-0.4, -0.2) is 37.2 Å². The van der Waals surface area contributed by atoms with E-state index in [0.29, 0.717) is 19.3 Å². The van der Waals surface area contributed by atoms with E-state index in [2.05, 4.69) is 106 Å². The Morgan fingerprint density at radius 1 is 0.269 bits per heavy atom. The van der Waals surface area contributed by atoms with Gasteiger partial charge >= 0.3 is 17.9 Å². The number of rotatable bonds is 61. The van der Waals surface area contributed by atoms with Crippen molar-refractivity contribution in [2.24, 2.45) is 0 Å². The van der Waals surface area contributed by atoms with Gasteiger partial charge in [-0.2, -0.15) is 0 Å². The predicted octanol–water partition coefficient (Wildman–Crippen LogP) is 23.1. The van der Waals surface area contributed by atoms with Crippen LogP contribution in [0.3, 0.4) is 0 Å². The Balaban J connectivity index is 4.17. The van der Waals surface area contributed by atoms with Crippen molar-refractivity contribution in [2.45, 2.75) is 341 Å². The van der Waals surface area contributed by atoms with Crippen LogP contribution < -0.4 is 0 Å². The molecule has 78 heavy (non-hydrogen) atoms. The standard InChI is InChI=1S/C72H126O6/c1-4-7-10-13-16-19-21-23-25-27-29-31-33-34-35-36-37-38-40-41-43-45-47-49-51-53-56-59-62-65-71(74)77-68-69(67-76-70(73)64-61-58-55-18-15-12-9-6-3)78-72(75)66-63-60-57-54-52-50-48-46-44-42-39-32-30-28-26-24-22-20-17-14-11-8-5-2/h7,10,16,19,23,25,29,31,34-35,37-38,41,43,69H,4-6,8-9,11-15,17-18,20-22,24,26-28,30,32-33,36,39-40,42,44-68H2,1-3H3/b10-7-,19-16-,25-23-,31-29-,35-34-,38-37-,43-41-. The van der Waals surface area contributed by atoms with Crippen LogP contribution in [0.2, 0.25) is 0 Å². The number of allylic oxidation sites excluding steroid dienone is 14. The molecule has 0 saturated carbocycles. The molecule has 0 aliphatic rings. The number of ether oxygens (including phenoxy) is 3. The summed E-state index contributed by atoms with van der Waals surface area (Å²) in [5.74, 6) is -0.876. The van der Waals surface area contributed by atoms with Crippen LogP contribution in [0.1, 0.15) is 335 Å². The Bertz CT molecular complexity index is 1480. The van der Waals surface area contributed by atoms with E-state index in [0.717, 1.165) is 109 Å². The number of hydrogen-bond donors (Lipinski definition) is 0. The van der Waals surface area contributed by atoms with E-state index in [1.807, 2.05) is 0 Å². The minimum Gasteiger partial charge on any atom is -0.462 e. The third-order valence-corrected chi connectivity index (χ3v) is 14.7. The number of carbonyl (C=O) groups excluding carboxylic acids is 3. The first kappa shape index (κ1) is 74.6. The topological polar surface area (TPSA) is 78.9 Å². The Kier molecular flexibility index (Phi) is 63.2. The van der Waals surface area contributed by atoms with Gasteiger partial charge in [-0.15, -0.1) is 0 Å². The zero-order valence-electron chi connectivity index (χ0n) is 51.7. The van der Waals surface area contributed by atoms with Crippen molar-refractivity contribution in [3.05, 3.63) is 85.1 Å². The number of unbranched alkanes of at least 4 members (excludes halogenated alkanes) is 36. The smallest absolute Gasteiger partial charge is 0.306 e. The van der Waals surface area contributed by atoms with Crippen LogP contribution in [0, 0.1) is 0 Å². The van der Waals surface area contributed by atoms with E-state index in [-0.39, 0.29) is 31.1 Å². The molecule has 0 aromatic rings. The van der Waals surface area contributed by atoms with Crippen LogP contribution in [0.5, 0.6) is 0 Å². The molecule has 0 spiro atoms. The lowest BCUT2D eigenvalue weighted by atomic mass is 10.0. The van der Waals surface area contributed by atoms with Gasteiger partial charge in [0.05, 0.1) is 0 Å². The van der Waals surface area contributed by atoms with E-state index < -0.39 is 6.10 Å². The fourth-order valence-electron chi connectivity index (χ4n) is 9.66. The highest BCUT2D eigenvalue weighted by molar-refractivity contribution is 5.71. The van der Waals surface area contributed by atoms with Gasteiger partial charge in [-0.25, -0.2) is 0 Å². The summed E-state index contributed by atoms with van der Waals surface area (Å²) in [7, 11) is 0. The summed E-state index contributed by atoms with van der Waals surface area (Å²) in [6, 6.07) is 0. The largest absolute Gasteiger partial charge is 0.462 e. The average Bonchev–Trinajstić information content (AvgIpc) is 3.44. The fourth-order valence-corrected chi connectivity index (χ4v) is 9.66. The minimum absolute atomic E-state index is 0.0759. The third kappa shape index (κ3) is 63.4. The van der Waals surface area contributed by atoms with E-state index in [9.17, 15) is 14.4 Å². The Labute approximate surface area is 484 Å². The molecule has 0 radical (unpaired) electrons. The second-order valence-electron chi connectivity index (χ2n) is 22.4. The molecule has 0 fully saturated rings. The first-order chi connectivity index (χ1) is 38.5. The maximum atomic E-state index is 12.9. The lowest BCUT2D eigenvalue weighted by molar-refractivity contribution is -0.167. The maximum Gasteiger partial charge on any atom is 0.306 e. The van der Waals surface area contributed by atoms with Crippen molar-refractivity contribution in [1.29, 1.82) is 0 Å². The molecular formula is C72H126O6. The molecule has 0 amide bonds. The van der Waals surface area contributed by atoms with Gasteiger partial charge < -0.3 is 14.2 Å². The molecule has 450 valence electrons. The van der Waals surface area contributed by atoms with E-state index in [1.165, 1.54) is 186 Å². The normalized spacial score (nSPS) is 12.6. The summed E-state index contributed by atoms with van der Waals surface area (Å²) in [6.07, 6.45) is 87.6.